The van der Waals surface area contributed by atoms with Crippen LogP contribution in [0, 0.1) is 22.7 Å². The van der Waals surface area contributed by atoms with Crippen LogP contribution in [0.5, 0.6) is 0 Å². The zero-order valence-corrected chi connectivity index (χ0v) is 21.9. The van der Waals surface area contributed by atoms with Gasteiger partial charge in [-0.1, -0.05) is 24.6 Å². The highest BCUT2D eigenvalue weighted by Crippen LogP contribution is 2.33. The van der Waals surface area contributed by atoms with E-state index >= 15 is 0 Å². The third-order valence-corrected chi connectivity index (χ3v) is 8.50. The highest BCUT2D eigenvalue weighted by Gasteiger charge is 2.33. The van der Waals surface area contributed by atoms with Gasteiger partial charge in [0.15, 0.2) is 0 Å². The van der Waals surface area contributed by atoms with Crippen LogP contribution in [0.1, 0.15) is 51.9 Å². The van der Waals surface area contributed by atoms with Gasteiger partial charge < -0.3 is 20.3 Å². The van der Waals surface area contributed by atoms with Gasteiger partial charge in [0.25, 0.3) is 0 Å². The highest BCUT2D eigenvalue weighted by molar-refractivity contribution is 6.33. The standard InChI is InChI=1S/C28H37ClN6O/c1-20-9-12-35(17-20)22-7-5-21(6-8-22)33-27-15-23(24(29)16-31-27)25-3-2-4-26(34-25)32-19-28(18-30)10-13-36-14-11-28/h2-4,15-16,20-22H,5-14,17,19H2,1H3,(H,31,33)(H,32,34)/t20-,21?,22?/m0/s1. The first-order valence-corrected chi connectivity index (χ1v) is 13.8. The average molecular weight is 509 g/mol. The molecule has 0 unspecified atom stereocenters. The lowest BCUT2D eigenvalue weighted by atomic mass is 9.82. The van der Waals surface area contributed by atoms with Gasteiger partial charge in [-0.3, -0.25) is 0 Å². The second-order valence-corrected chi connectivity index (χ2v) is 11.3. The Labute approximate surface area is 219 Å². The monoisotopic (exact) mass is 508 g/mol. The molecule has 1 atom stereocenters. The van der Waals surface area contributed by atoms with Crippen molar-refractivity contribution in [2.24, 2.45) is 11.3 Å². The second-order valence-electron chi connectivity index (χ2n) is 10.9. The summed E-state index contributed by atoms with van der Waals surface area (Å²) in [5.41, 5.74) is 1.24. The molecule has 3 fully saturated rings. The smallest absolute Gasteiger partial charge is 0.126 e. The van der Waals surface area contributed by atoms with Gasteiger partial charge in [-0.05, 0) is 75.6 Å². The Morgan fingerprint density at radius 2 is 1.97 bits per heavy atom. The number of halogens is 1. The molecule has 0 amide bonds. The third kappa shape index (κ3) is 5.94. The number of pyridine rings is 2. The zero-order chi connectivity index (χ0) is 25.0. The van der Waals surface area contributed by atoms with E-state index in [1.54, 1.807) is 6.20 Å². The molecule has 0 aromatic carbocycles. The van der Waals surface area contributed by atoms with E-state index in [1.165, 1.54) is 45.2 Å². The first-order chi connectivity index (χ1) is 17.5. The van der Waals surface area contributed by atoms with Crippen molar-refractivity contribution in [1.82, 2.24) is 14.9 Å². The molecule has 2 aromatic heterocycles. The van der Waals surface area contributed by atoms with Gasteiger partial charge in [-0.15, -0.1) is 0 Å². The molecule has 0 spiro atoms. The fraction of sp³-hybridized carbons (Fsp3) is 0.607. The van der Waals surface area contributed by atoms with Crippen molar-refractivity contribution in [2.75, 3.05) is 43.5 Å². The molecule has 7 nitrogen and oxygen atoms in total. The number of aromatic nitrogens is 2. The predicted molar refractivity (Wildman–Crippen MR) is 144 cm³/mol. The van der Waals surface area contributed by atoms with E-state index in [0.717, 1.165) is 47.7 Å². The minimum atomic E-state index is -0.409. The van der Waals surface area contributed by atoms with Crippen molar-refractivity contribution in [3.8, 4) is 17.3 Å². The molecular weight excluding hydrogens is 472 g/mol. The Balaban J connectivity index is 1.22. The first-order valence-electron chi connectivity index (χ1n) is 13.4. The van der Waals surface area contributed by atoms with Crippen LogP contribution in [0.2, 0.25) is 5.02 Å². The summed E-state index contributed by atoms with van der Waals surface area (Å²) >= 11 is 6.56. The van der Waals surface area contributed by atoms with Crippen molar-refractivity contribution >= 4 is 23.2 Å². The van der Waals surface area contributed by atoms with Crippen LogP contribution in [0.4, 0.5) is 11.6 Å². The molecule has 2 N–H and O–H groups in total. The molecule has 1 aliphatic carbocycles. The maximum atomic E-state index is 9.73. The molecule has 192 valence electrons. The lowest BCUT2D eigenvalue weighted by molar-refractivity contribution is 0.0455. The molecule has 2 aromatic rings. The molecule has 2 aliphatic heterocycles. The molecule has 2 saturated heterocycles. The van der Waals surface area contributed by atoms with Gasteiger partial charge >= 0.3 is 0 Å². The van der Waals surface area contributed by atoms with E-state index in [2.05, 4.69) is 33.5 Å². The summed E-state index contributed by atoms with van der Waals surface area (Å²) in [4.78, 5) is 12.1. The van der Waals surface area contributed by atoms with Crippen molar-refractivity contribution in [3.63, 3.8) is 0 Å². The van der Waals surface area contributed by atoms with E-state index in [1.807, 2.05) is 24.3 Å². The molecule has 1 saturated carbocycles. The first kappa shape index (κ1) is 25.3. The van der Waals surface area contributed by atoms with E-state index in [9.17, 15) is 5.26 Å². The van der Waals surface area contributed by atoms with E-state index < -0.39 is 5.41 Å². The SMILES string of the molecule is C[C@H]1CCN(C2CCC(Nc3cc(-c4cccc(NCC5(C#N)CCOCC5)n4)c(Cl)cn3)CC2)C1. The van der Waals surface area contributed by atoms with Gasteiger partial charge in [0, 0.05) is 50.1 Å². The molecule has 8 heteroatoms. The molecule has 5 rings (SSSR count). The summed E-state index contributed by atoms with van der Waals surface area (Å²) in [5.74, 6) is 2.43. The van der Waals surface area contributed by atoms with Crippen LogP contribution in [-0.4, -0.2) is 59.8 Å². The number of ether oxygens (including phenoxy) is 1. The summed E-state index contributed by atoms with van der Waals surface area (Å²) in [6.45, 7) is 6.71. The van der Waals surface area contributed by atoms with E-state index in [-0.39, 0.29) is 0 Å². The Morgan fingerprint density at radius 1 is 1.17 bits per heavy atom. The Morgan fingerprint density at radius 3 is 2.69 bits per heavy atom. The number of nitrogens with zero attached hydrogens (tertiary/aromatic N) is 4. The molecule has 36 heavy (non-hydrogen) atoms. The summed E-state index contributed by atoms with van der Waals surface area (Å²) in [5, 5.41) is 17.3. The summed E-state index contributed by atoms with van der Waals surface area (Å²) in [6.07, 6.45) is 9.35. The topological polar surface area (TPSA) is 86.1 Å². The normalized spacial score (nSPS) is 26.3. The van der Waals surface area contributed by atoms with E-state index in [4.69, 9.17) is 21.3 Å². The number of nitriles is 1. The maximum absolute atomic E-state index is 9.73. The lowest BCUT2D eigenvalue weighted by Crippen LogP contribution is -2.39. The van der Waals surface area contributed by atoms with Gasteiger partial charge in [0.05, 0.1) is 22.2 Å². The summed E-state index contributed by atoms with van der Waals surface area (Å²) < 4.78 is 5.44. The number of hydrogen-bond acceptors (Lipinski definition) is 7. The van der Waals surface area contributed by atoms with Crippen LogP contribution < -0.4 is 10.6 Å². The molecule has 4 heterocycles. The summed E-state index contributed by atoms with van der Waals surface area (Å²) in [6, 6.07) is 11.6. The quantitative estimate of drug-likeness (QED) is 0.503. The van der Waals surface area contributed by atoms with Gasteiger partial charge in [0.2, 0.25) is 0 Å². The fourth-order valence-electron chi connectivity index (χ4n) is 5.84. The number of anilines is 2. The van der Waals surface area contributed by atoms with Crippen LogP contribution in [-0.2, 0) is 4.74 Å². The summed E-state index contributed by atoms with van der Waals surface area (Å²) in [7, 11) is 0. The van der Waals surface area contributed by atoms with E-state index in [0.29, 0.717) is 30.8 Å². The number of rotatable bonds is 7. The van der Waals surface area contributed by atoms with Gasteiger partial charge in [-0.25, -0.2) is 9.97 Å². The lowest BCUT2D eigenvalue weighted by Gasteiger charge is -2.35. The zero-order valence-electron chi connectivity index (χ0n) is 21.2. The van der Waals surface area contributed by atoms with Gasteiger partial charge in [-0.2, -0.15) is 5.26 Å². The Hall–Kier alpha value is -2.40. The highest BCUT2D eigenvalue weighted by atomic mass is 35.5. The van der Waals surface area contributed by atoms with Crippen molar-refractivity contribution < 1.29 is 4.74 Å². The van der Waals surface area contributed by atoms with Crippen LogP contribution in [0.3, 0.4) is 0 Å². The van der Waals surface area contributed by atoms with Crippen molar-refractivity contribution in [1.29, 1.82) is 5.26 Å². The number of likely N-dealkylation sites (tertiary alicyclic amines) is 1. The van der Waals surface area contributed by atoms with Crippen LogP contribution in [0.15, 0.2) is 30.5 Å². The fourth-order valence-corrected chi connectivity index (χ4v) is 6.04. The molecule has 0 bridgehead atoms. The maximum Gasteiger partial charge on any atom is 0.126 e. The molecule has 0 radical (unpaired) electrons. The largest absolute Gasteiger partial charge is 0.381 e. The third-order valence-electron chi connectivity index (χ3n) is 8.20. The second kappa shape index (κ2) is 11.3. The minimum Gasteiger partial charge on any atom is -0.381 e. The van der Waals surface area contributed by atoms with Gasteiger partial charge in [0.1, 0.15) is 11.6 Å². The molecule has 3 aliphatic rings. The van der Waals surface area contributed by atoms with Crippen molar-refractivity contribution in [2.45, 2.75) is 64.0 Å². The van der Waals surface area contributed by atoms with Crippen molar-refractivity contribution in [3.05, 3.63) is 35.5 Å². The predicted octanol–water partition coefficient (Wildman–Crippen LogP) is 5.59. The number of hydrogen-bond donors (Lipinski definition) is 2. The van der Waals surface area contributed by atoms with Crippen LogP contribution >= 0.6 is 11.6 Å². The van der Waals surface area contributed by atoms with Crippen LogP contribution in [0.25, 0.3) is 11.3 Å². The Bertz CT molecular complexity index is 1070. The molecular formula is C28H37ClN6O. The average Bonchev–Trinajstić information content (AvgIpc) is 3.36. The number of nitrogens with one attached hydrogen (secondary N) is 2. The Kier molecular flexibility index (Phi) is 7.95. The minimum absolute atomic E-state index is 0.409.